The first kappa shape index (κ1) is 21.8. The number of fused-ring (bicyclic) bond motifs is 1. The molecule has 0 spiro atoms. The van der Waals surface area contributed by atoms with Gasteiger partial charge in [0.25, 0.3) is 0 Å². The van der Waals surface area contributed by atoms with Crippen LogP contribution in [-0.2, 0) is 17.8 Å². The van der Waals surface area contributed by atoms with Crippen molar-refractivity contribution in [3.8, 4) is 11.1 Å². The molecule has 1 saturated heterocycles. The second-order valence-corrected chi connectivity index (χ2v) is 9.40. The van der Waals surface area contributed by atoms with E-state index < -0.39 is 0 Å². The van der Waals surface area contributed by atoms with E-state index in [1.165, 1.54) is 27.9 Å². The third kappa shape index (κ3) is 5.10. The smallest absolute Gasteiger partial charge is 0.236 e. The molecule has 2 aliphatic rings. The first-order chi connectivity index (χ1) is 14.9. The summed E-state index contributed by atoms with van der Waals surface area (Å²) in [5, 5.41) is 0. The zero-order valence-electron chi connectivity index (χ0n) is 19.5. The highest BCUT2D eigenvalue weighted by Gasteiger charge is 2.25. The van der Waals surface area contributed by atoms with E-state index in [1.807, 2.05) is 0 Å². The van der Waals surface area contributed by atoms with E-state index in [4.69, 9.17) is 0 Å². The molecule has 2 aliphatic heterocycles. The number of amides is 1. The normalized spacial score (nSPS) is 17.6. The largest absolute Gasteiger partial charge is 0.378 e. The van der Waals surface area contributed by atoms with Crippen LogP contribution in [0.15, 0.2) is 42.5 Å². The van der Waals surface area contributed by atoms with Gasteiger partial charge in [0.15, 0.2) is 0 Å². The van der Waals surface area contributed by atoms with Crippen molar-refractivity contribution < 1.29 is 4.79 Å². The lowest BCUT2D eigenvalue weighted by Gasteiger charge is -2.38. The van der Waals surface area contributed by atoms with Gasteiger partial charge >= 0.3 is 0 Å². The second-order valence-electron chi connectivity index (χ2n) is 9.40. The molecule has 31 heavy (non-hydrogen) atoms. The minimum absolute atomic E-state index is 0.282. The summed E-state index contributed by atoms with van der Waals surface area (Å²) in [6.07, 6.45) is 1.01. The van der Waals surface area contributed by atoms with Gasteiger partial charge in [0.1, 0.15) is 0 Å². The second kappa shape index (κ2) is 9.41. The summed E-state index contributed by atoms with van der Waals surface area (Å²) in [6, 6.07) is 16.1. The molecule has 2 aromatic carbocycles. The van der Waals surface area contributed by atoms with Gasteiger partial charge in [0.2, 0.25) is 5.91 Å². The minimum atomic E-state index is 0.282. The first-order valence-electron chi connectivity index (χ1n) is 11.5. The van der Waals surface area contributed by atoms with E-state index in [1.54, 1.807) is 0 Å². The Bertz CT molecular complexity index is 898. The molecule has 2 aromatic rings. The fourth-order valence-corrected chi connectivity index (χ4v) is 4.66. The summed E-state index contributed by atoms with van der Waals surface area (Å²) in [5.41, 5.74) is 6.52. The van der Waals surface area contributed by atoms with Crippen molar-refractivity contribution in [1.29, 1.82) is 0 Å². The van der Waals surface area contributed by atoms with Crippen LogP contribution in [0.4, 0.5) is 5.69 Å². The molecule has 166 valence electrons. The van der Waals surface area contributed by atoms with Gasteiger partial charge in [-0.1, -0.05) is 30.3 Å². The van der Waals surface area contributed by atoms with Gasteiger partial charge in [-0.3, -0.25) is 14.6 Å². The molecule has 0 aliphatic carbocycles. The van der Waals surface area contributed by atoms with E-state index >= 15 is 0 Å². The van der Waals surface area contributed by atoms with Crippen molar-refractivity contribution >= 4 is 11.6 Å². The lowest BCUT2D eigenvalue weighted by molar-refractivity contribution is -0.134. The Morgan fingerprint density at radius 1 is 0.903 bits per heavy atom. The van der Waals surface area contributed by atoms with E-state index in [0.29, 0.717) is 12.6 Å². The van der Waals surface area contributed by atoms with E-state index in [-0.39, 0.29) is 5.91 Å². The maximum Gasteiger partial charge on any atom is 0.236 e. The lowest BCUT2D eigenvalue weighted by Crippen LogP contribution is -2.53. The molecule has 5 nitrogen and oxygen atoms in total. The fourth-order valence-electron chi connectivity index (χ4n) is 4.66. The molecule has 4 rings (SSSR count). The van der Waals surface area contributed by atoms with Crippen LogP contribution in [0.2, 0.25) is 0 Å². The van der Waals surface area contributed by atoms with Crippen LogP contribution in [0.1, 0.15) is 25.0 Å². The molecule has 2 heterocycles. The average Bonchev–Trinajstić information content (AvgIpc) is 2.78. The Kier molecular flexibility index (Phi) is 6.63. The van der Waals surface area contributed by atoms with E-state index in [2.05, 4.69) is 90.0 Å². The maximum atomic E-state index is 12.8. The number of benzene rings is 2. The molecule has 0 unspecified atom stereocenters. The summed E-state index contributed by atoms with van der Waals surface area (Å²) in [6.45, 7) is 10.5. The first-order valence-corrected chi connectivity index (χ1v) is 11.5. The summed E-state index contributed by atoms with van der Waals surface area (Å²) < 4.78 is 0. The van der Waals surface area contributed by atoms with Gasteiger partial charge in [-0.15, -0.1) is 0 Å². The molecular formula is C26H36N4O. The van der Waals surface area contributed by atoms with Crippen molar-refractivity contribution in [2.45, 2.75) is 32.9 Å². The molecule has 0 bridgehead atoms. The Morgan fingerprint density at radius 3 is 2.23 bits per heavy atom. The Labute approximate surface area is 187 Å². The average molecular weight is 421 g/mol. The van der Waals surface area contributed by atoms with Gasteiger partial charge < -0.3 is 9.80 Å². The van der Waals surface area contributed by atoms with Crippen molar-refractivity contribution in [3.05, 3.63) is 53.6 Å². The topological polar surface area (TPSA) is 30.0 Å². The van der Waals surface area contributed by atoms with Crippen molar-refractivity contribution in [2.75, 3.05) is 58.3 Å². The highest BCUT2D eigenvalue weighted by atomic mass is 16.2. The number of rotatable bonds is 5. The Hall–Kier alpha value is -2.37. The van der Waals surface area contributed by atoms with Crippen LogP contribution >= 0.6 is 0 Å². The predicted octanol–water partition coefficient (Wildman–Crippen LogP) is 3.33. The van der Waals surface area contributed by atoms with Crippen molar-refractivity contribution in [3.63, 3.8) is 0 Å². The van der Waals surface area contributed by atoms with Gasteiger partial charge in [0, 0.05) is 65.1 Å². The highest BCUT2D eigenvalue weighted by molar-refractivity contribution is 5.78. The number of hydrogen-bond acceptors (Lipinski definition) is 4. The third-order valence-corrected chi connectivity index (χ3v) is 6.77. The minimum Gasteiger partial charge on any atom is -0.378 e. The van der Waals surface area contributed by atoms with Crippen LogP contribution in [0.5, 0.6) is 0 Å². The van der Waals surface area contributed by atoms with Crippen LogP contribution in [0, 0.1) is 0 Å². The zero-order valence-corrected chi connectivity index (χ0v) is 19.5. The van der Waals surface area contributed by atoms with Crippen LogP contribution in [0.25, 0.3) is 11.1 Å². The Morgan fingerprint density at radius 2 is 1.58 bits per heavy atom. The monoisotopic (exact) mass is 420 g/mol. The number of carbonyl (C=O) groups excluding carboxylic acids is 1. The molecule has 0 N–H and O–H groups in total. The van der Waals surface area contributed by atoms with Gasteiger partial charge in [-0.2, -0.15) is 0 Å². The maximum absolute atomic E-state index is 12.8. The molecule has 0 atom stereocenters. The molecule has 1 amide bonds. The molecule has 1 fully saturated rings. The third-order valence-electron chi connectivity index (χ3n) is 6.77. The zero-order chi connectivity index (χ0) is 22.0. The SMILES string of the molecule is CC(C)N1CCN(C(=O)CN2CCc3cc(-c4ccc(N(C)C)cc4)ccc3C2)CC1. The summed E-state index contributed by atoms with van der Waals surface area (Å²) in [7, 11) is 4.13. The van der Waals surface area contributed by atoms with Crippen LogP contribution in [-0.4, -0.2) is 80.0 Å². The lowest BCUT2D eigenvalue weighted by atomic mass is 9.94. The van der Waals surface area contributed by atoms with Crippen LogP contribution in [0.3, 0.4) is 0 Å². The number of carbonyl (C=O) groups is 1. The number of hydrogen-bond donors (Lipinski definition) is 0. The summed E-state index contributed by atoms with van der Waals surface area (Å²) in [5.74, 6) is 0.282. The standard InChI is InChI=1S/C26H36N4O/c1-20(2)29-13-15-30(16-14-29)26(31)19-28-12-11-23-17-22(5-6-24(23)18-28)21-7-9-25(10-8-21)27(3)4/h5-10,17,20H,11-16,18-19H2,1-4H3. The van der Waals surface area contributed by atoms with Gasteiger partial charge in [0.05, 0.1) is 6.54 Å². The predicted molar refractivity (Wildman–Crippen MR) is 128 cm³/mol. The molecule has 0 aromatic heterocycles. The number of piperazine rings is 1. The summed E-state index contributed by atoms with van der Waals surface area (Å²) in [4.78, 5) is 21.8. The van der Waals surface area contributed by atoms with E-state index in [0.717, 1.165) is 45.7 Å². The molecular weight excluding hydrogens is 384 g/mol. The van der Waals surface area contributed by atoms with Crippen molar-refractivity contribution in [2.24, 2.45) is 0 Å². The number of anilines is 1. The molecule has 0 saturated carbocycles. The molecule has 0 radical (unpaired) electrons. The van der Waals surface area contributed by atoms with Gasteiger partial charge in [-0.05, 0) is 54.7 Å². The quantitative estimate of drug-likeness (QED) is 0.742. The Balaban J connectivity index is 1.35. The fraction of sp³-hybridized carbons (Fsp3) is 0.500. The van der Waals surface area contributed by atoms with Gasteiger partial charge in [-0.25, -0.2) is 0 Å². The molecule has 5 heteroatoms. The van der Waals surface area contributed by atoms with Crippen LogP contribution < -0.4 is 4.90 Å². The number of nitrogens with zero attached hydrogens (tertiary/aromatic N) is 4. The van der Waals surface area contributed by atoms with E-state index in [9.17, 15) is 4.79 Å². The summed E-state index contributed by atoms with van der Waals surface area (Å²) >= 11 is 0. The highest BCUT2D eigenvalue weighted by Crippen LogP contribution is 2.27. The van der Waals surface area contributed by atoms with Crippen molar-refractivity contribution in [1.82, 2.24) is 14.7 Å².